The summed E-state index contributed by atoms with van der Waals surface area (Å²) in [6.45, 7) is 1.81. The van der Waals surface area contributed by atoms with Crippen LogP contribution in [0.4, 0.5) is 0 Å². The van der Waals surface area contributed by atoms with Crippen molar-refractivity contribution in [2.45, 2.75) is 19.8 Å². The van der Waals surface area contributed by atoms with Crippen LogP contribution in [-0.2, 0) is 19.1 Å². The van der Waals surface area contributed by atoms with Gasteiger partial charge in [0.05, 0.1) is 6.26 Å². The van der Waals surface area contributed by atoms with Gasteiger partial charge in [0, 0.05) is 12.5 Å². The highest BCUT2D eigenvalue weighted by Crippen LogP contribution is 2.12. The van der Waals surface area contributed by atoms with E-state index in [9.17, 15) is 14.4 Å². The molecule has 1 heterocycles. The highest BCUT2D eigenvalue weighted by Gasteiger charge is 2.34. The highest BCUT2D eigenvalue weighted by atomic mass is 16.5. The van der Waals surface area contributed by atoms with E-state index in [0.717, 1.165) is 12.3 Å². The average Bonchev–Trinajstić information content (AvgIpc) is 2.04. The van der Waals surface area contributed by atoms with Crippen molar-refractivity contribution in [3.05, 3.63) is 12.3 Å². The highest BCUT2D eigenvalue weighted by molar-refractivity contribution is 6.21. The molecule has 0 spiro atoms. The van der Waals surface area contributed by atoms with E-state index >= 15 is 0 Å². The smallest absolute Gasteiger partial charge is 0.329 e. The second-order valence-corrected chi connectivity index (χ2v) is 2.79. The Morgan fingerprint density at radius 3 is 2.77 bits per heavy atom. The van der Waals surface area contributed by atoms with Crippen molar-refractivity contribution in [3.8, 4) is 0 Å². The fourth-order valence-electron chi connectivity index (χ4n) is 1.13. The molecule has 0 unspecified atom stereocenters. The lowest BCUT2D eigenvalue weighted by atomic mass is 9.95. The van der Waals surface area contributed by atoms with E-state index in [1.54, 1.807) is 0 Å². The molecule has 13 heavy (non-hydrogen) atoms. The number of carbonyl (C=O) groups excluding carboxylic acids is 3. The summed E-state index contributed by atoms with van der Waals surface area (Å²) in [5, 5.41) is 0. The maximum absolute atomic E-state index is 11.3. The summed E-state index contributed by atoms with van der Waals surface area (Å²) in [7, 11) is 0. The SMILES string of the molecule is CCCC(=O)[C@@H]1C(=O)C=COC1=O. The van der Waals surface area contributed by atoms with Gasteiger partial charge in [0.1, 0.15) is 0 Å². The summed E-state index contributed by atoms with van der Waals surface area (Å²) in [5.74, 6) is -2.81. The van der Waals surface area contributed by atoms with Crippen molar-refractivity contribution < 1.29 is 19.1 Å². The van der Waals surface area contributed by atoms with Crippen molar-refractivity contribution in [1.82, 2.24) is 0 Å². The molecule has 0 aliphatic carbocycles. The first-order valence-corrected chi connectivity index (χ1v) is 4.10. The molecule has 0 saturated heterocycles. The van der Waals surface area contributed by atoms with Crippen LogP contribution in [0.15, 0.2) is 12.3 Å². The molecule has 0 radical (unpaired) electrons. The average molecular weight is 182 g/mol. The van der Waals surface area contributed by atoms with Crippen LogP contribution in [0.5, 0.6) is 0 Å². The van der Waals surface area contributed by atoms with Gasteiger partial charge in [0.2, 0.25) is 0 Å². The second kappa shape index (κ2) is 3.98. The number of cyclic esters (lactones) is 1. The molecule has 70 valence electrons. The molecule has 0 aromatic carbocycles. The first-order chi connectivity index (χ1) is 6.16. The fourth-order valence-corrected chi connectivity index (χ4v) is 1.13. The number of esters is 1. The van der Waals surface area contributed by atoms with E-state index in [1.165, 1.54) is 0 Å². The van der Waals surface area contributed by atoms with Gasteiger partial charge in [-0.2, -0.15) is 0 Å². The molecule has 1 atom stereocenters. The Morgan fingerprint density at radius 1 is 1.54 bits per heavy atom. The number of rotatable bonds is 3. The molecule has 4 nitrogen and oxygen atoms in total. The summed E-state index contributed by atoms with van der Waals surface area (Å²) in [4.78, 5) is 33.4. The van der Waals surface area contributed by atoms with Gasteiger partial charge in [0.25, 0.3) is 0 Å². The number of hydrogen-bond acceptors (Lipinski definition) is 4. The number of ether oxygens (including phenoxy) is 1. The van der Waals surface area contributed by atoms with Crippen molar-refractivity contribution in [2.75, 3.05) is 0 Å². The monoisotopic (exact) mass is 182 g/mol. The minimum atomic E-state index is -1.22. The summed E-state index contributed by atoms with van der Waals surface area (Å²) < 4.78 is 4.47. The summed E-state index contributed by atoms with van der Waals surface area (Å²) in [5.41, 5.74) is 0. The third kappa shape index (κ3) is 2.02. The van der Waals surface area contributed by atoms with Gasteiger partial charge in [-0.1, -0.05) is 6.92 Å². The standard InChI is InChI=1S/C9H10O4/c1-2-3-6(10)8-7(11)4-5-13-9(8)12/h4-5,8H,2-3H2,1H3/t8-/m1/s1. The maximum Gasteiger partial charge on any atom is 0.329 e. The van der Waals surface area contributed by atoms with Gasteiger partial charge in [-0.05, 0) is 6.42 Å². The zero-order chi connectivity index (χ0) is 9.84. The van der Waals surface area contributed by atoms with Crippen LogP contribution in [0.25, 0.3) is 0 Å². The molecule has 0 amide bonds. The van der Waals surface area contributed by atoms with Crippen molar-refractivity contribution >= 4 is 17.5 Å². The largest absolute Gasteiger partial charge is 0.433 e. The second-order valence-electron chi connectivity index (χ2n) is 2.79. The third-order valence-electron chi connectivity index (χ3n) is 1.76. The van der Waals surface area contributed by atoms with E-state index < -0.39 is 17.7 Å². The Balaban J connectivity index is 2.77. The van der Waals surface area contributed by atoms with E-state index in [1.807, 2.05) is 6.92 Å². The number of allylic oxidation sites excluding steroid dienone is 1. The van der Waals surface area contributed by atoms with Crippen LogP contribution in [0.2, 0.25) is 0 Å². The first kappa shape index (κ1) is 9.64. The van der Waals surface area contributed by atoms with Crippen molar-refractivity contribution in [1.29, 1.82) is 0 Å². The van der Waals surface area contributed by atoms with Gasteiger partial charge in [0.15, 0.2) is 17.5 Å². The lowest BCUT2D eigenvalue weighted by molar-refractivity contribution is -0.151. The minimum absolute atomic E-state index is 0.235. The third-order valence-corrected chi connectivity index (χ3v) is 1.76. The van der Waals surface area contributed by atoms with Gasteiger partial charge >= 0.3 is 5.97 Å². The summed E-state index contributed by atoms with van der Waals surface area (Å²) in [6, 6.07) is 0. The van der Waals surface area contributed by atoms with E-state index in [0.29, 0.717) is 6.42 Å². The molecule has 4 heteroatoms. The summed E-state index contributed by atoms with van der Waals surface area (Å²) >= 11 is 0. The van der Waals surface area contributed by atoms with E-state index in [2.05, 4.69) is 4.74 Å². The van der Waals surface area contributed by atoms with Crippen LogP contribution in [-0.4, -0.2) is 17.5 Å². The Hall–Kier alpha value is -1.45. The fraction of sp³-hybridized carbons (Fsp3) is 0.444. The quantitative estimate of drug-likeness (QED) is 0.474. The van der Waals surface area contributed by atoms with Crippen molar-refractivity contribution in [2.24, 2.45) is 5.92 Å². The van der Waals surface area contributed by atoms with Crippen molar-refractivity contribution in [3.63, 3.8) is 0 Å². The topological polar surface area (TPSA) is 60.4 Å². The van der Waals surface area contributed by atoms with Gasteiger partial charge in [-0.3, -0.25) is 14.4 Å². The Morgan fingerprint density at radius 2 is 2.23 bits per heavy atom. The molecule has 0 bridgehead atoms. The minimum Gasteiger partial charge on any atom is -0.433 e. The molecule has 1 rings (SSSR count). The Kier molecular flexibility index (Phi) is 2.95. The van der Waals surface area contributed by atoms with E-state index in [-0.39, 0.29) is 12.2 Å². The Labute approximate surface area is 75.6 Å². The maximum atomic E-state index is 11.3. The number of Topliss-reactive ketones (excluding diaryl/α,β-unsaturated/α-hetero) is 1. The van der Waals surface area contributed by atoms with Crippen LogP contribution >= 0.6 is 0 Å². The van der Waals surface area contributed by atoms with Gasteiger partial charge in [-0.25, -0.2) is 0 Å². The molecule has 1 aliphatic heterocycles. The first-order valence-electron chi connectivity index (χ1n) is 4.10. The molecule has 0 saturated carbocycles. The summed E-state index contributed by atoms with van der Waals surface area (Å²) in [6.07, 6.45) is 2.99. The predicted molar refractivity (Wildman–Crippen MR) is 43.6 cm³/mol. The normalized spacial score (nSPS) is 21.5. The molecule has 0 aromatic heterocycles. The van der Waals surface area contributed by atoms with Crippen LogP contribution in [0.3, 0.4) is 0 Å². The molecular weight excluding hydrogens is 172 g/mol. The lowest BCUT2D eigenvalue weighted by Crippen LogP contribution is -2.33. The predicted octanol–water partition coefficient (Wildman–Crippen LogP) is 0.611. The molecule has 0 fully saturated rings. The Bertz CT molecular complexity index is 277. The molecular formula is C9H10O4. The van der Waals surface area contributed by atoms with E-state index in [4.69, 9.17) is 0 Å². The zero-order valence-electron chi connectivity index (χ0n) is 7.28. The number of hydrogen-bond donors (Lipinski definition) is 0. The van der Waals surface area contributed by atoms with Crippen LogP contribution in [0.1, 0.15) is 19.8 Å². The van der Waals surface area contributed by atoms with Gasteiger partial charge in [-0.15, -0.1) is 0 Å². The molecule has 0 aromatic rings. The van der Waals surface area contributed by atoms with Crippen LogP contribution < -0.4 is 0 Å². The number of carbonyl (C=O) groups is 3. The lowest BCUT2D eigenvalue weighted by Gasteiger charge is -2.13. The zero-order valence-corrected chi connectivity index (χ0v) is 7.28. The molecule has 0 N–H and O–H groups in total. The van der Waals surface area contributed by atoms with Crippen LogP contribution in [0, 0.1) is 5.92 Å². The molecule has 1 aliphatic rings. The number of ketones is 2. The van der Waals surface area contributed by atoms with Gasteiger partial charge < -0.3 is 4.74 Å².